The van der Waals surface area contributed by atoms with E-state index in [1.165, 1.54) is 24.0 Å². The first-order chi connectivity index (χ1) is 13.7. The molecule has 4 rings (SSSR count). The fourth-order valence-electron chi connectivity index (χ4n) is 3.56. The predicted octanol–water partition coefficient (Wildman–Crippen LogP) is 3.52. The number of benzene rings is 2. The second-order valence-corrected chi connectivity index (χ2v) is 7.69. The molecule has 5 heteroatoms. The third kappa shape index (κ3) is 5.04. The van der Waals surface area contributed by atoms with Crippen molar-refractivity contribution in [2.24, 2.45) is 0 Å². The second-order valence-electron chi connectivity index (χ2n) is 7.69. The second kappa shape index (κ2) is 8.95. The van der Waals surface area contributed by atoms with E-state index in [1.54, 1.807) is 0 Å². The maximum Gasteiger partial charge on any atom is 0.231 e. The Morgan fingerprint density at radius 1 is 1.04 bits per heavy atom. The van der Waals surface area contributed by atoms with Gasteiger partial charge in [-0.2, -0.15) is 0 Å². The Bertz CT molecular complexity index is 773. The maximum atomic E-state index is 10.5. The lowest BCUT2D eigenvalue weighted by Gasteiger charge is -2.25. The molecule has 1 unspecified atom stereocenters. The Balaban J connectivity index is 1.24. The Morgan fingerprint density at radius 3 is 2.50 bits per heavy atom. The van der Waals surface area contributed by atoms with Crippen molar-refractivity contribution < 1.29 is 19.3 Å². The van der Waals surface area contributed by atoms with Gasteiger partial charge in [0.05, 0.1) is 19.3 Å². The summed E-state index contributed by atoms with van der Waals surface area (Å²) in [6, 6.07) is 15.2. The van der Waals surface area contributed by atoms with Gasteiger partial charge >= 0.3 is 0 Å². The topological polar surface area (TPSA) is 51.2 Å². The molecule has 1 aliphatic carbocycles. The summed E-state index contributed by atoms with van der Waals surface area (Å²) in [5.41, 5.74) is 3.68. The highest BCUT2D eigenvalue weighted by atomic mass is 16.7. The van der Waals surface area contributed by atoms with Gasteiger partial charge in [-0.1, -0.05) is 37.3 Å². The zero-order valence-corrected chi connectivity index (χ0v) is 16.5. The molecule has 0 aromatic heterocycles. The van der Waals surface area contributed by atoms with Crippen LogP contribution in [0.5, 0.6) is 11.5 Å². The van der Waals surface area contributed by atoms with Crippen LogP contribution in [0.3, 0.4) is 0 Å². The average molecular weight is 383 g/mol. The van der Waals surface area contributed by atoms with E-state index in [2.05, 4.69) is 36.1 Å². The summed E-state index contributed by atoms with van der Waals surface area (Å²) in [6.45, 7) is 4.75. The van der Waals surface area contributed by atoms with E-state index in [0.29, 0.717) is 25.8 Å². The van der Waals surface area contributed by atoms with Gasteiger partial charge in [-0.3, -0.25) is 4.90 Å². The monoisotopic (exact) mass is 383 g/mol. The molecule has 2 aromatic rings. The summed E-state index contributed by atoms with van der Waals surface area (Å²) in [6.07, 6.45) is 3.01. The molecule has 0 spiro atoms. The largest absolute Gasteiger partial charge is 0.454 e. The van der Waals surface area contributed by atoms with Crippen LogP contribution in [0, 0.1) is 0 Å². The molecule has 1 aliphatic heterocycles. The first-order valence-electron chi connectivity index (χ1n) is 10.2. The minimum atomic E-state index is -0.496. The Labute approximate surface area is 166 Å². The fraction of sp³-hybridized carbons (Fsp3) is 0.478. The van der Waals surface area contributed by atoms with Crippen molar-refractivity contribution in [2.75, 3.05) is 19.9 Å². The Hall–Kier alpha value is -2.08. The molecular formula is C23H29NO4. The van der Waals surface area contributed by atoms with Gasteiger partial charge in [0.25, 0.3) is 0 Å². The lowest BCUT2D eigenvalue weighted by atomic mass is 10.1. The quantitative estimate of drug-likeness (QED) is 0.680. The van der Waals surface area contributed by atoms with Gasteiger partial charge in [-0.15, -0.1) is 0 Å². The van der Waals surface area contributed by atoms with E-state index in [4.69, 9.17) is 14.2 Å². The van der Waals surface area contributed by atoms with Crippen molar-refractivity contribution in [3.8, 4) is 11.5 Å². The molecule has 2 aromatic carbocycles. The highest BCUT2D eigenvalue weighted by Gasteiger charge is 2.30. The van der Waals surface area contributed by atoms with E-state index >= 15 is 0 Å². The van der Waals surface area contributed by atoms with Crippen LogP contribution < -0.4 is 9.47 Å². The van der Waals surface area contributed by atoms with E-state index < -0.39 is 6.10 Å². The van der Waals surface area contributed by atoms with Crippen molar-refractivity contribution in [1.82, 2.24) is 4.90 Å². The molecule has 0 amide bonds. The van der Waals surface area contributed by atoms with Gasteiger partial charge in [0.2, 0.25) is 6.79 Å². The first-order valence-corrected chi connectivity index (χ1v) is 10.2. The van der Waals surface area contributed by atoms with Crippen molar-refractivity contribution in [1.29, 1.82) is 0 Å². The fourth-order valence-corrected chi connectivity index (χ4v) is 3.56. The number of aliphatic hydroxyl groups excluding tert-OH is 1. The SMILES string of the molecule is CCc1ccc(CN(CC(O)COCc2ccc3c(c2)OCO3)C2CC2)cc1. The Morgan fingerprint density at radius 2 is 1.75 bits per heavy atom. The normalized spacial score (nSPS) is 16.5. The van der Waals surface area contributed by atoms with Crippen molar-refractivity contribution in [2.45, 2.75) is 51.5 Å². The van der Waals surface area contributed by atoms with Crippen LogP contribution in [0.15, 0.2) is 42.5 Å². The smallest absolute Gasteiger partial charge is 0.231 e. The highest BCUT2D eigenvalue weighted by molar-refractivity contribution is 5.44. The van der Waals surface area contributed by atoms with Crippen LogP contribution in [-0.2, 0) is 24.3 Å². The number of fused-ring (bicyclic) bond motifs is 1. The molecule has 1 saturated carbocycles. The third-order valence-corrected chi connectivity index (χ3v) is 5.34. The lowest BCUT2D eigenvalue weighted by molar-refractivity contribution is 0.00703. The van der Waals surface area contributed by atoms with Crippen LogP contribution in [0.1, 0.15) is 36.5 Å². The molecule has 0 bridgehead atoms. The number of aliphatic hydroxyl groups is 1. The number of hydrogen-bond donors (Lipinski definition) is 1. The van der Waals surface area contributed by atoms with E-state index in [9.17, 15) is 5.11 Å². The summed E-state index contributed by atoms with van der Waals surface area (Å²) in [7, 11) is 0. The molecule has 1 fully saturated rings. The summed E-state index contributed by atoms with van der Waals surface area (Å²) in [4.78, 5) is 2.38. The number of rotatable bonds is 10. The molecule has 1 N–H and O–H groups in total. The van der Waals surface area contributed by atoms with Crippen LogP contribution in [-0.4, -0.2) is 42.1 Å². The highest BCUT2D eigenvalue weighted by Crippen LogP contribution is 2.32. The summed E-state index contributed by atoms with van der Waals surface area (Å²) >= 11 is 0. The van der Waals surface area contributed by atoms with Crippen LogP contribution in [0.25, 0.3) is 0 Å². The van der Waals surface area contributed by atoms with E-state index in [1.807, 2.05) is 18.2 Å². The third-order valence-electron chi connectivity index (χ3n) is 5.34. The lowest BCUT2D eigenvalue weighted by Crippen LogP contribution is -2.36. The van der Waals surface area contributed by atoms with Crippen LogP contribution in [0.4, 0.5) is 0 Å². The van der Waals surface area contributed by atoms with Gasteiger partial charge in [-0.25, -0.2) is 0 Å². The molecule has 28 heavy (non-hydrogen) atoms. The predicted molar refractivity (Wildman–Crippen MR) is 107 cm³/mol. The van der Waals surface area contributed by atoms with Gasteiger partial charge in [0.15, 0.2) is 11.5 Å². The van der Waals surface area contributed by atoms with Crippen LogP contribution >= 0.6 is 0 Å². The molecular weight excluding hydrogens is 354 g/mol. The van der Waals surface area contributed by atoms with Crippen molar-refractivity contribution in [3.63, 3.8) is 0 Å². The average Bonchev–Trinajstić information content (AvgIpc) is 3.46. The first kappa shape index (κ1) is 19.2. The molecule has 1 heterocycles. The molecule has 0 radical (unpaired) electrons. The summed E-state index contributed by atoms with van der Waals surface area (Å²) in [5, 5.41) is 10.5. The van der Waals surface area contributed by atoms with Gasteiger partial charge < -0.3 is 19.3 Å². The molecule has 2 aliphatic rings. The minimum absolute atomic E-state index is 0.274. The zero-order chi connectivity index (χ0) is 19.3. The molecule has 150 valence electrons. The number of aryl methyl sites for hydroxylation is 1. The maximum absolute atomic E-state index is 10.5. The number of hydrogen-bond acceptors (Lipinski definition) is 5. The van der Waals surface area contributed by atoms with E-state index in [-0.39, 0.29) is 6.79 Å². The van der Waals surface area contributed by atoms with Gasteiger partial charge in [0.1, 0.15) is 0 Å². The van der Waals surface area contributed by atoms with Crippen molar-refractivity contribution >= 4 is 0 Å². The van der Waals surface area contributed by atoms with Gasteiger partial charge in [0, 0.05) is 19.1 Å². The van der Waals surface area contributed by atoms with Crippen molar-refractivity contribution in [3.05, 3.63) is 59.2 Å². The van der Waals surface area contributed by atoms with E-state index in [0.717, 1.165) is 30.0 Å². The Kier molecular flexibility index (Phi) is 6.15. The molecule has 1 atom stereocenters. The molecule has 0 saturated heterocycles. The molecule has 5 nitrogen and oxygen atoms in total. The van der Waals surface area contributed by atoms with Gasteiger partial charge in [-0.05, 0) is 48.1 Å². The van der Waals surface area contributed by atoms with Crippen LogP contribution in [0.2, 0.25) is 0 Å². The summed E-state index contributed by atoms with van der Waals surface area (Å²) < 4.78 is 16.5. The summed E-state index contributed by atoms with van der Waals surface area (Å²) in [5.74, 6) is 1.53. The number of ether oxygens (including phenoxy) is 3. The minimum Gasteiger partial charge on any atom is -0.454 e. The standard InChI is InChI=1S/C23H29NO4/c1-2-17-3-5-18(6-4-17)12-24(20-8-9-20)13-21(25)15-26-14-19-7-10-22-23(11-19)28-16-27-22/h3-7,10-11,20-21,25H,2,8-9,12-16H2,1H3. The number of nitrogens with zero attached hydrogens (tertiary/aromatic N) is 1. The zero-order valence-electron chi connectivity index (χ0n) is 16.5.